The Balaban J connectivity index is 2.28. The molecular formula is C13H19NO2. The van der Waals surface area contributed by atoms with Crippen LogP contribution in [0.15, 0.2) is 12.1 Å². The first-order valence-electron chi connectivity index (χ1n) is 5.77. The van der Waals surface area contributed by atoms with Crippen LogP contribution < -0.4 is 15.2 Å². The van der Waals surface area contributed by atoms with Crippen LogP contribution in [0.1, 0.15) is 18.1 Å². The van der Waals surface area contributed by atoms with Gasteiger partial charge in [0.1, 0.15) is 11.5 Å². The Morgan fingerprint density at radius 1 is 1.50 bits per heavy atom. The number of benzene rings is 1. The van der Waals surface area contributed by atoms with Crippen molar-refractivity contribution in [2.45, 2.75) is 19.8 Å². The predicted octanol–water partition coefficient (Wildman–Crippen LogP) is 1.77. The minimum atomic E-state index is 0.466. The van der Waals surface area contributed by atoms with E-state index in [1.54, 1.807) is 7.11 Å². The molecule has 16 heavy (non-hydrogen) atoms. The minimum Gasteiger partial charge on any atom is -0.496 e. The van der Waals surface area contributed by atoms with E-state index in [2.05, 4.69) is 19.1 Å². The Morgan fingerprint density at radius 2 is 2.31 bits per heavy atom. The van der Waals surface area contributed by atoms with Crippen molar-refractivity contribution in [1.82, 2.24) is 0 Å². The van der Waals surface area contributed by atoms with Gasteiger partial charge in [-0.1, -0.05) is 6.92 Å². The molecule has 1 heterocycles. The molecule has 1 unspecified atom stereocenters. The molecule has 2 rings (SSSR count). The highest BCUT2D eigenvalue weighted by Gasteiger charge is 2.17. The Hall–Kier alpha value is -1.22. The molecule has 0 fully saturated rings. The maximum Gasteiger partial charge on any atom is 0.123 e. The van der Waals surface area contributed by atoms with Crippen LogP contribution in [0.3, 0.4) is 0 Å². The zero-order valence-electron chi connectivity index (χ0n) is 9.95. The number of hydrogen-bond acceptors (Lipinski definition) is 3. The van der Waals surface area contributed by atoms with Gasteiger partial charge in [-0.05, 0) is 36.6 Å². The van der Waals surface area contributed by atoms with E-state index in [9.17, 15) is 0 Å². The molecule has 1 aliphatic heterocycles. The highest BCUT2D eigenvalue weighted by atomic mass is 16.5. The molecule has 3 heteroatoms. The van der Waals surface area contributed by atoms with Crippen LogP contribution in [0.25, 0.3) is 0 Å². The van der Waals surface area contributed by atoms with Crippen LogP contribution in [0.5, 0.6) is 11.5 Å². The summed E-state index contributed by atoms with van der Waals surface area (Å²) in [5, 5.41) is 0. The predicted molar refractivity (Wildman–Crippen MR) is 64.1 cm³/mol. The molecule has 0 aromatic heterocycles. The summed E-state index contributed by atoms with van der Waals surface area (Å²) in [5.74, 6) is 2.44. The van der Waals surface area contributed by atoms with Crippen molar-refractivity contribution in [1.29, 1.82) is 0 Å². The second kappa shape index (κ2) is 4.74. The highest BCUT2D eigenvalue weighted by molar-refractivity contribution is 5.48. The molecule has 0 aliphatic carbocycles. The van der Waals surface area contributed by atoms with E-state index >= 15 is 0 Å². The van der Waals surface area contributed by atoms with Crippen molar-refractivity contribution < 1.29 is 9.47 Å². The molecule has 1 aromatic carbocycles. The van der Waals surface area contributed by atoms with Gasteiger partial charge in [-0.2, -0.15) is 0 Å². The van der Waals surface area contributed by atoms with Crippen molar-refractivity contribution in [2.75, 3.05) is 20.3 Å². The van der Waals surface area contributed by atoms with Crippen molar-refractivity contribution in [2.24, 2.45) is 11.7 Å². The monoisotopic (exact) mass is 221 g/mol. The first-order valence-corrected chi connectivity index (χ1v) is 5.77. The molecule has 0 radical (unpaired) electrons. The van der Waals surface area contributed by atoms with Gasteiger partial charge in [0.25, 0.3) is 0 Å². The fraction of sp³-hybridized carbons (Fsp3) is 0.538. The number of nitrogens with two attached hydrogens (primary N) is 1. The highest BCUT2D eigenvalue weighted by Crippen LogP contribution is 2.33. The van der Waals surface area contributed by atoms with E-state index in [4.69, 9.17) is 15.2 Å². The lowest BCUT2D eigenvalue weighted by Crippen LogP contribution is -2.13. The minimum absolute atomic E-state index is 0.466. The second-order valence-electron chi connectivity index (χ2n) is 4.42. The van der Waals surface area contributed by atoms with Crippen LogP contribution >= 0.6 is 0 Å². The van der Waals surface area contributed by atoms with E-state index in [-0.39, 0.29) is 0 Å². The molecule has 3 nitrogen and oxygen atoms in total. The van der Waals surface area contributed by atoms with E-state index < -0.39 is 0 Å². The molecule has 88 valence electrons. The van der Waals surface area contributed by atoms with Crippen LogP contribution in [0.4, 0.5) is 0 Å². The van der Waals surface area contributed by atoms with E-state index in [0.717, 1.165) is 30.9 Å². The van der Waals surface area contributed by atoms with Gasteiger partial charge in [-0.3, -0.25) is 0 Å². The summed E-state index contributed by atoms with van der Waals surface area (Å²) < 4.78 is 11.0. The van der Waals surface area contributed by atoms with Gasteiger partial charge in [-0.25, -0.2) is 0 Å². The fourth-order valence-electron chi connectivity index (χ4n) is 2.05. The third-order valence-corrected chi connectivity index (χ3v) is 3.06. The lowest BCUT2D eigenvalue weighted by atomic mass is 9.98. The number of methoxy groups -OCH3 is 1. The maximum absolute atomic E-state index is 5.65. The van der Waals surface area contributed by atoms with Crippen LogP contribution in [-0.2, 0) is 12.8 Å². The second-order valence-corrected chi connectivity index (χ2v) is 4.42. The Labute approximate surface area is 96.5 Å². The molecule has 0 spiro atoms. The summed E-state index contributed by atoms with van der Waals surface area (Å²) >= 11 is 0. The van der Waals surface area contributed by atoms with Crippen LogP contribution in [-0.4, -0.2) is 20.3 Å². The van der Waals surface area contributed by atoms with Gasteiger partial charge >= 0.3 is 0 Å². The summed E-state index contributed by atoms with van der Waals surface area (Å²) in [6.07, 6.45) is 1.93. The number of ether oxygens (including phenoxy) is 2. The van der Waals surface area contributed by atoms with Crippen LogP contribution in [0.2, 0.25) is 0 Å². The standard InChI is InChI=1S/C13H19NO2/c1-9(8-14)5-11-7-13-10(3-4-16-13)6-12(11)15-2/h6-7,9H,3-5,8,14H2,1-2H3. The van der Waals surface area contributed by atoms with E-state index in [0.29, 0.717) is 12.5 Å². The number of hydrogen-bond donors (Lipinski definition) is 1. The average Bonchev–Trinajstić information content (AvgIpc) is 2.74. The molecule has 0 saturated carbocycles. The summed E-state index contributed by atoms with van der Waals surface area (Å²) in [6.45, 7) is 3.63. The third-order valence-electron chi connectivity index (χ3n) is 3.06. The molecule has 1 aromatic rings. The zero-order chi connectivity index (χ0) is 11.5. The van der Waals surface area contributed by atoms with Crippen molar-refractivity contribution >= 4 is 0 Å². The van der Waals surface area contributed by atoms with Gasteiger partial charge in [0, 0.05) is 12.0 Å². The summed E-state index contributed by atoms with van der Waals surface area (Å²) in [7, 11) is 1.72. The fourth-order valence-corrected chi connectivity index (χ4v) is 2.05. The quantitative estimate of drug-likeness (QED) is 0.842. The molecule has 0 saturated heterocycles. The normalized spacial score (nSPS) is 15.4. The summed E-state index contributed by atoms with van der Waals surface area (Å²) in [4.78, 5) is 0. The molecule has 0 amide bonds. The molecule has 2 N–H and O–H groups in total. The number of rotatable bonds is 4. The lowest BCUT2D eigenvalue weighted by Gasteiger charge is -2.14. The van der Waals surface area contributed by atoms with Gasteiger partial charge in [-0.15, -0.1) is 0 Å². The molecule has 1 atom stereocenters. The average molecular weight is 221 g/mol. The van der Waals surface area contributed by atoms with E-state index in [1.807, 2.05) is 0 Å². The van der Waals surface area contributed by atoms with Crippen molar-refractivity contribution in [3.63, 3.8) is 0 Å². The first-order chi connectivity index (χ1) is 7.74. The topological polar surface area (TPSA) is 44.5 Å². The molecule has 0 bridgehead atoms. The summed E-state index contributed by atoms with van der Waals surface area (Å²) in [6, 6.07) is 4.20. The largest absolute Gasteiger partial charge is 0.496 e. The van der Waals surface area contributed by atoms with Gasteiger partial charge < -0.3 is 15.2 Å². The zero-order valence-corrected chi connectivity index (χ0v) is 9.95. The van der Waals surface area contributed by atoms with Gasteiger partial charge in [0.15, 0.2) is 0 Å². The SMILES string of the molecule is COc1cc2c(cc1CC(C)CN)OCC2. The Kier molecular flexibility index (Phi) is 3.34. The molecular weight excluding hydrogens is 202 g/mol. The van der Waals surface area contributed by atoms with Crippen molar-refractivity contribution in [3.05, 3.63) is 23.3 Å². The van der Waals surface area contributed by atoms with Crippen molar-refractivity contribution in [3.8, 4) is 11.5 Å². The Morgan fingerprint density at radius 3 is 3.00 bits per heavy atom. The maximum atomic E-state index is 5.65. The summed E-state index contributed by atoms with van der Waals surface area (Å²) in [5.41, 5.74) is 8.10. The van der Waals surface area contributed by atoms with Crippen LogP contribution in [0, 0.1) is 5.92 Å². The first kappa shape index (κ1) is 11.3. The third kappa shape index (κ3) is 2.14. The lowest BCUT2D eigenvalue weighted by molar-refractivity contribution is 0.355. The molecule has 1 aliphatic rings. The van der Waals surface area contributed by atoms with Gasteiger partial charge in [0.05, 0.1) is 13.7 Å². The number of fused-ring (bicyclic) bond motifs is 1. The Bertz CT molecular complexity index is 376. The smallest absolute Gasteiger partial charge is 0.123 e. The van der Waals surface area contributed by atoms with E-state index in [1.165, 1.54) is 11.1 Å². The van der Waals surface area contributed by atoms with Gasteiger partial charge in [0.2, 0.25) is 0 Å².